The van der Waals surface area contributed by atoms with Crippen LogP contribution < -0.4 is 5.32 Å². The second-order valence-electron chi connectivity index (χ2n) is 8.86. The summed E-state index contributed by atoms with van der Waals surface area (Å²) >= 11 is 0. The molecule has 1 heterocycles. The molecule has 0 spiro atoms. The van der Waals surface area contributed by atoms with Crippen molar-refractivity contribution in [3.05, 3.63) is 83.0 Å². The van der Waals surface area contributed by atoms with E-state index in [4.69, 9.17) is 5.41 Å². The van der Waals surface area contributed by atoms with E-state index in [0.717, 1.165) is 65.8 Å². The Morgan fingerprint density at radius 1 is 1.09 bits per heavy atom. The Kier molecular flexibility index (Phi) is 7.31. The molecule has 0 aliphatic heterocycles. The summed E-state index contributed by atoms with van der Waals surface area (Å²) in [6.07, 6.45) is 1.66. The molecule has 3 aromatic rings. The maximum Gasteiger partial charge on any atom is 0.130 e. The van der Waals surface area contributed by atoms with Crippen molar-refractivity contribution in [1.82, 2.24) is 0 Å². The van der Waals surface area contributed by atoms with Crippen LogP contribution in [0.3, 0.4) is 0 Å². The molecule has 1 aromatic heterocycles. The van der Waals surface area contributed by atoms with Crippen molar-refractivity contribution in [3.63, 3.8) is 0 Å². The lowest BCUT2D eigenvalue weighted by atomic mass is 9.89. The highest BCUT2D eigenvalue weighted by molar-refractivity contribution is 7.28. The molecule has 2 aromatic carbocycles. The van der Waals surface area contributed by atoms with Crippen molar-refractivity contribution in [2.24, 2.45) is 0 Å². The zero-order valence-electron chi connectivity index (χ0n) is 19.6. The largest absolute Gasteiger partial charge is 0.360 e. The van der Waals surface area contributed by atoms with Gasteiger partial charge in [0, 0.05) is 17.1 Å². The summed E-state index contributed by atoms with van der Waals surface area (Å²) < 4.78 is 14.7. The van der Waals surface area contributed by atoms with Gasteiger partial charge >= 0.3 is 0 Å². The third-order valence-electron chi connectivity index (χ3n) is 5.49. The predicted octanol–water partition coefficient (Wildman–Crippen LogP) is 9.23. The topological polar surface area (TPSA) is 35.9 Å². The number of benzene rings is 2. The van der Waals surface area contributed by atoms with E-state index in [0.29, 0.717) is 11.3 Å². The zero-order chi connectivity index (χ0) is 23.5. The number of allylic oxidation sites excluding steroid dienone is 1. The van der Waals surface area contributed by atoms with E-state index in [1.54, 1.807) is 13.8 Å². The highest BCUT2D eigenvalue weighted by Gasteiger charge is 2.21. The highest BCUT2D eigenvalue weighted by atomic mass is 31.0. The van der Waals surface area contributed by atoms with Crippen LogP contribution in [0.5, 0.6) is 0 Å². The smallest absolute Gasteiger partial charge is 0.130 e. The fourth-order valence-corrected chi connectivity index (χ4v) is 4.56. The van der Waals surface area contributed by atoms with E-state index in [1.165, 1.54) is 0 Å². The molecule has 0 radical (unpaired) electrons. The van der Waals surface area contributed by atoms with Crippen molar-refractivity contribution in [2.75, 3.05) is 5.32 Å². The van der Waals surface area contributed by atoms with Crippen LogP contribution in [0.25, 0.3) is 22.3 Å². The first-order valence-electron chi connectivity index (χ1n) is 11.0. The minimum Gasteiger partial charge on any atom is -0.360 e. The van der Waals surface area contributed by atoms with Gasteiger partial charge in [-0.25, -0.2) is 4.39 Å². The fraction of sp³-hybridized carbons (Fsp3) is 0.286. The van der Waals surface area contributed by atoms with Crippen LogP contribution in [0.15, 0.2) is 66.3 Å². The summed E-state index contributed by atoms with van der Waals surface area (Å²) in [5, 5.41) is 11.8. The summed E-state index contributed by atoms with van der Waals surface area (Å²) in [6, 6.07) is 14.2. The van der Waals surface area contributed by atoms with E-state index in [-0.39, 0.29) is 0 Å². The number of hydrogen-bond donors (Lipinski definition) is 2. The zero-order valence-corrected chi connectivity index (χ0v) is 20.5. The molecule has 0 atom stereocenters. The van der Waals surface area contributed by atoms with Gasteiger partial charge in [0.25, 0.3) is 0 Å². The van der Waals surface area contributed by atoms with Crippen molar-refractivity contribution in [2.45, 2.75) is 53.1 Å². The van der Waals surface area contributed by atoms with Gasteiger partial charge in [-0.2, -0.15) is 0 Å². The molecule has 0 bridgehead atoms. The molecule has 166 valence electrons. The van der Waals surface area contributed by atoms with E-state index in [9.17, 15) is 4.39 Å². The summed E-state index contributed by atoms with van der Waals surface area (Å²) in [5.74, 6) is 4.30. The lowest BCUT2D eigenvalue weighted by Gasteiger charge is -2.19. The standard InChI is InChI=1S/C28H32FN2P/c1-7-8-27(30)21-13-20(14-23(15-21)31-18(2)3)24-11-12-32-17-26(24)25-16-22(28(5,6)29)10-9-19(25)4/h9-17,30-31H,2,7-8H2,1,3-6H3. The molecule has 0 aliphatic rings. The van der Waals surface area contributed by atoms with E-state index >= 15 is 0 Å². The molecular formula is C28H32FN2P. The van der Waals surface area contributed by atoms with Crippen LogP contribution in [0.1, 0.15) is 57.2 Å². The van der Waals surface area contributed by atoms with Gasteiger partial charge in [-0.15, -0.1) is 0 Å². The quantitative estimate of drug-likeness (QED) is 0.332. The van der Waals surface area contributed by atoms with Gasteiger partial charge in [0.1, 0.15) is 5.67 Å². The first-order valence-corrected chi connectivity index (χ1v) is 12.0. The lowest BCUT2D eigenvalue weighted by Crippen LogP contribution is -2.09. The first kappa shape index (κ1) is 23.9. The summed E-state index contributed by atoms with van der Waals surface area (Å²) in [7, 11) is 1.10. The Morgan fingerprint density at radius 3 is 2.50 bits per heavy atom. The summed E-state index contributed by atoms with van der Waals surface area (Å²) in [4.78, 5) is 0. The Balaban J connectivity index is 2.22. The minimum atomic E-state index is -1.40. The SMILES string of the molecule is C=C(C)Nc1cc(C(=N)CCC)cc(-c2ccpcc2-c2cc(C(C)(C)F)ccc2C)c1. The van der Waals surface area contributed by atoms with Crippen molar-refractivity contribution in [1.29, 1.82) is 5.41 Å². The van der Waals surface area contributed by atoms with Crippen molar-refractivity contribution in [3.8, 4) is 22.3 Å². The van der Waals surface area contributed by atoms with E-state index in [2.05, 4.69) is 55.5 Å². The number of hydrogen-bond acceptors (Lipinski definition) is 2. The van der Waals surface area contributed by atoms with Gasteiger partial charge in [0.2, 0.25) is 0 Å². The van der Waals surface area contributed by atoms with E-state index < -0.39 is 5.67 Å². The van der Waals surface area contributed by atoms with Crippen molar-refractivity contribution < 1.29 is 4.39 Å². The van der Waals surface area contributed by atoms with Crippen LogP contribution in [0, 0.1) is 12.3 Å². The Bertz CT molecular complexity index is 1160. The number of aryl methyl sites for hydroxylation is 1. The fourth-order valence-electron chi connectivity index (χ4n) is 3.81. The molecule has 0 saturated carbocycles. The monoisotopic (exact) mass is 446 g/mol. The molecule has 4 heteroatoms. The average Bonchev–Trinajstić information content (AvgIpc) is 2.73. The van der Waals surface area contributed by atoms with Gasteiger partial charge in [-0.1, -0.05) is 40.2 Å². The maximum absolute atomic E-state index is 14.7. The Morgan fingerprint density at radius 2 is 1.84 bits per heavy atom. The molecule has 0 saturated heterocycles. The highest BCUT2D eigenvalue weighted by Crippen LogP contribution is 2.39. The van der Waals surface area contributed by atoms with E-state index in [1.807, 2.05) is 31.2 Å². The van der Waals surface area contributed by atoms with Crippen LogP contribution >= 0.6 is 8.19 Å². The normalized spacial score (nSPS) is 11.6. The molecule has 3 rings (SSSR count). The lowest BCUT2D eigenvalue weighted by molar-refractivity contribution is 0.221. The molecule has 32 heavy (non-hydrogen) atoms. The first-order chi connectivity index (χ1) is 15.1. The average molecular weight is 447 g/mol. The van der Waals surface area contributed by atoms with Crippen molar-refractivity contribution >= 4 is 19.6 Å². The van der Waals surface area contributed by atoms with Gasteiger partial charge in [0.05, 0.1) is 0 Å². The molecule has 0 unspecified atom stereocenters. The number of halogens is 1. The third kappa shape index (κ3) is 5.53. The predicted molar refractivity (Wildman–Crippen MR) is 139 cm³/mol. The summed E-state index contributed by atoms with van der Waals surface area (Å²) in [6.45, 7) is 13.3. The molecule has 0 fully saturated rings. The van der Waals surface area contributed by atoms with Gasteiger partial charge in [-0.05, 0) is 115 Å². The molecule has 0 aliphatic carbocycles. The molecular weight excluding hydrogens is 414 g/mol. The number of anilines is 1. The van der Waals surface area contributed by atoms with Crippen LogP contribution in [-0.4, -0.2) is 5.71 Å². The Hall–Kier alpha value is -2.77. The van der Waals surface area contributed by atoms with Gasteiger partial charge in [0.15, 0.2) is 0 Å². The molecule has 0 amide bonds. The second-order valence-corrected chi connectivity index (χ2v) is 9.71. The number of alkyl halides is 1. The minimum absolute atomic E-state index is 0.625. The van der Waals surface area contributed by atoms with Gasteiger partial charge in [-0.3, -0.25) is 0 Å². The molecule has 2 N–H and O–H groups in total. The third-order valence-corrected chi connectivity index (χ3v) is 6.21. The van der Waals surface area contributed by atoms with Crippen LogP contribution in [-0.2, 0) is 5.67 Å². The number of rotatable bonds is 8. The van der Waals surface area contributed by atoms with Crippen LogP contribution in [0.2, 0.25) is 0 Å². The maximum atomic E-state index is 14.7. The van der Waals surface area contributed by atoms with Gasteiger partial charge < -0.3 is 10.7 Å². The summed E-state index contributed by atoms with van der Waals surface area (Å²) in [5.41, 5.74) is 7.94. The molecule has 2 nitrogen and oxygen atoms in total. The second kappa shape index (κ2) is 9.79. The Labute approximate surface area is 193 Å². The number of nitrogens with one attached hydrogen (secondary N) is 2. The van der Waals surface area contributed by atoms with Crippen LogP contribution in [0.4, 0.5) is 10.1 Å².